The number of hydrogen-bond donors (Lipinski definition) is 2. The van der Waals surface area contributed by atoms with Crippen molar-refractivity contribution < 1.29 is 4.79 Å². The van der Waals surface area contributed by atoms with E-state index < -0.39 is 0 Å². The number of nitrogens with zero attached hydrogens (tertiary/aromatic N) is 2. The van der Waals surface area contributed by atoms with Crippen molar-refractivity contribution in [2.45, 2.75) is 25.8 Å². The first kappa shape index (κ1) is 19.5. The Morgan fingerprint density at radius 2 is 2.33 bits per heavy atom. The predicted molar refractivity (Wildman–Crippen MR) is 111 cm³/mol. The number of hydrogen-bond acceptors (Lipinski definition) is 2. The largest absolute Gasteiger partial charge is 0.355 e. The molecule has 1 aromatic carbocycles. The molecule has 24 heavy (non-hydrogen) atoms. The molecule has 1 atom stereocenters. The van der Waals surface area contributed by atoms with Gasteiger partial charge in [0.1, 0.15) is 0 Å². The van der Waals surface area contributed by atoms with Crippen molar-refractivity contribution in [3.8, 4) is 0 Å². The number of carbonyl (C=O) groups is 1. The Bertz CT molecular complexity index is 624. The summed E-state index contributed by atoms with van der Waals surface area (Å²) in [5, 5.41) is 6.44. The van der Waals surface area contributed by atoms with E-state index in [-0.39, 0.29) is 35.3 Å². The molecular formula is C17H24BrIN4O. The highest BCUT2D eigenvalue weighted by Crippen LogP contribution is 2.35. The molecule has 1 aromatic rings. The number of aliphatic imine (C=N–C) groups is 1. The molecule has 132 valence electrons. The molecule has 2 fully saturated rings. The fourth-order valence-electron chi connectivity index (χ4n) is 3.59. The van der Waals surface area contributed by atoms with Crippen LogP contribution in [0.3, 0.4) is 0 Å². The van der Waals surface area contributed by atoms with Crippen LogP contribution in [0.5, 0.6) is 0 Å². The molecule has 1 spiro atoms. The van der Waals surface area contributed by atoms with Crippen LogP contribution in [0.4, 0.5) is 0 Å². The van der Waals surface area contributed by atoms with E-state index in [9.17, 15) is 4.79 Å². The Labute approximate surface area is 168 Å². The van der Waals surface area contributed by atoms with Crippen molar-refractivity contribution >= 4 is 51.8 Å². The first-order chi connectivity index (χ1) is 11.1. The third-order valence-corrected chi connectivity index (χ3v) is 5.20. The van der Waals surface area contributed by atoms with Crippen LogP contribution in [0.15, 0.2) is 33.7 Å². The molecule has 0 radical (unpaired) electrons. The van der Waals surface area contributed by atoms with Crippen molar-refractivity contribution in [2.75, 3.05) is 26.7 Å². The minimum absolute atomic E-state index is 0. The average molecular weight is 507 g/mol. The zero-order valence-corrected chi connectivity index (χ0v) is 17.8. The second-order valence-corrected chi connectivity index (χ2v) is 7.42. The maximum atomic E-state index is 11.6. The molecule has 2 aliphatic heterocycles. The molecule has 2 aliphatic rings. The number of guanidine groups is 1. The van der Waals surface area contributed by atoms with Gasteiger partial charge in [-0.1, -0.05) is 28.1 Å². The molecular weight excluding hydrogens is 483 g/mol. The van der Waals surface area contributed by atoms with Crippen LogP contribution >= 0.6 is 39.9 Å². The third kappa shape index (κ3) is 4.62. The number of carbonyl (C=O) groups excluding carboxylic acids is 1. The lowest BCUT2D eigenvalue weighted by atomic mass is 9.79. The van der Waals surface area contributed by atoms with Crippen LogP contribution in [0, 0.1) is 5.41 Å². The van der Waals surface area contributed by atoms with E-state index in [0.29, 0.717) is 6.42 Å². The Kier molecular flexibility index (Phi) is 6.91. The normalized spacial score (nSPS) is 23.8. The molecule has 0 saturated carbocycles. The van der Waals surface area contributed by atoms with E-state index in [4.69, 9.17) is 0 Å². The molecule has 2 N–H and O–H groups in total. The first-order valence-electron chi connectivity index (χ1n) is 8.07. The van der Waals surface area contributed by atoms with E-state index >= 15 is 0 Å². The van der Waals surface area contributed by atoms with Crippen LogP contribution in [0.2, 0.25) is 0 Å². The van der Waals surface area contributed by atoms with E-state index in [1.165, 1.54) is 5.56 Å². The van der Waals surface area contributed by atoms with E-state index in [1.807, 2.05) is 19.2 Å². The van der Waals surface area contributed by atoms with Crippen molar-refractivity contribution in [1.82, 2.24) is 15.5 Å². The molecule has 3 rings (SSSR count). The molecule has 2 heterocycles. The van der Waals surface area contributed by atoms with Crippen LogP contribution in [-0.2, 0) is 11.3 Å². The molecule has 1 amide bonds. The maximum absolute atomic E-state index is 11.6. The van der Waals surface area contributed by atoms with Crippen LogP contribution in [0.1, 0.15) is 24.8 Å². The van der Waals surface area contributed by atoms with Gasteiger partial charge < -0.3 is 15.5 Å². The van der Waals surface area contributed by atoms with Crippen LogP contribution in [-0.4, -0.2) is 43.4 Å². The quantitative estimate of drug-likeness (QED) is 0.368. The summed E-state index contributed by atoms with van der Waals surface area (Å²) in [6, 6.07) is 8.27. The molecule has 1 unspecified atom stereocenters. The van der Waals surface area contributed by atoms with Crippen molar-refractivity contribution in [3.63, 3.8) is 0 Å². The van der Waals surface area contributed by atoms with Gasteiger partial charge in [0, 0.05) is 49.5 Å². The number of likely N-dealkylation sites (tertiary alicyclic amines) is 1. The number of rotatable bonds is 2. The summed E-state index contributed by atoms with van der Waals surface area (Å²) < 4.78 is 1.08. The van der Waals surface area contributed by atoms with Gasteiger partial charge in [-0.05, 0) is 30.5 Å². The second-order valence-electron chi connectivity index (χ2n) is 6.51. The SMILES string of the molecule is CN=C(NCc1cccc(Br)c1)N1CCCC2(CNC(=O)C2)C1.I. The Hall–Kier alpha value is -0.830. The van der Waals surface area contributed by atoms with Crippen molar-refractivity contribution in [3.05, 3.63) is 34.3 Å². The zero-order valence-electron chi connectivity index (χ0n) is 13.8. The van der Waals surface area contributed by atoms with E-state index in [0.717, 1.165) is 49.5 Å². The highest BCUT2D eigenvalue weighted by molar-refractivity contribution is 14.0. The summed E-state index contributed by atoms with van der Waals surface area (Å²) in [4.78, 5) is 18.4. The monoisotopic (exact) mass is 506 g/mol. The maximum Gasteiger partial charge on any atom is 0.220 e. The summed E-state index contributed by atoms with van der Waals surface area (Å²) in [5.74, 6) is 1.10. The van der Waals surface area contributed by atoms with E-state index in [2.05, 4.69) is 48.6 Å². The van der Waals surface area contributed by atoms with Crippen molar-refractivity contribution in [1.29, 1.82) is 0 Å². The van der Waals surface area contributed by atoms with E-state index in [1.54, 1.807) is 0 Å². The summed E-state index contributed by atoms with van der Waals surface area (Å²) in [6.07, 6.45) is 2.86. The molecule has 0 bridgehead atoms. The van der Waals surface area contributed by atoms with Gasteiger partial charge in [-0.2, -0.15) is 0 Å². The number of amides is 1. The highest BCUT2D eigenvalue weighted by Gasteiger charge is 2.42. The van der Waals surface area contributed by atoms with Crippen molar-refractivity contribution in [2.24, 2.45) is 10.4 Å². The Morgan fingerprint density at radius 3 is 3.00 bits per heavy atom. The molecule has 0 aliphatic carbocycles. The molecule has 7 heteroatoms. The number of nitrogens with one attached hydrogen (secondary N) is 2. The highest BCUT2D eigenvalue weighted by atomic mass is 127. The zero-order chi connectivity index (χ0) is 16.3. The second kappa shape index (κ2) is 8.51. The Balaban J connectivity index is 0.00000208. The number of halogens is 2. The van der Waals surface area contributed by atoms with Gasteiger partial charge >= 0.3 is 0 Å². The van der Waals surface area contributed by atoms with Gasteiger partial charge in [0.15, 0.2) is 5.96 Å². The van der Waals surface area contributed by atoms with Crippen LogP contribution in [0.25, 0.3) is 0 Å². The summed E-state index contributed by atoms with van der Waals surface area (Å²) in [6.45, 7) is 3.43. The summed E-state index contributed by atoms with van der Waals surface area (Å²) in [5.41, 5.74) is 1.30. The number of piperidine rings is 1. The Morgan fingerprint density at radius 1 is 1.50 bits per heavy atom. The van der Waals surface area contributed by atoms with Gasteiger partial charge in [-0.3, -0.25) is 9.79 Å². The van der Waals surface area contributed by atoms with Gasteiger partial charge in [-0.25, -0.2) is 0 Å². The fourth-order valence-corrected chi connectivity index (χ4v) is 4.04. The minimum atomic E-state index is 0. The lowest BCUT2D eigenvalue weighted by molar-refractivity contribution is -0.119. The summed E-state index contributed by atoms with van der Waals surface area (Å²) in [7, 11) is 1.82. The lowest BCUT2D eigenvalue weighted by Crippen LogP contribution is -2.51. The first-order valence-corrected chi connectivity index (χ1v) is 8.86. The molecule has 5 nitrogen and oxygen atoms in total. The summed E-state index contributed by atoms with van der Waals surface area (Å²) >= 11 is 3.50. The standard InChI is InChI=1S/C17H23BrN4O.HI/c1-19-16(20-10-13-4-2-5-14(18)8-13)22-7-3-6-17(12-22)9-15(23)21-11-17;/h2,4-5,8H,3,6-7,9-12H2,1H3,(H,19,20)(H,21,23);1H. The van der Waals surface area contributed by atoms with Gasteiger partial charge in [0.25, 0.3) is 0 Å². The predicted octanol–water partition coefficient (Wildman–Crippen LogP) is 2.74. The molecule has 0 aromatic heterocycles. The topological polar surface area (TPSA) is 56.7 Å². The van der Waals surface area contributed by atoms with Gasteiger partial charge in [-0.15, -0.1) is 24.0 Å². The number of benzene rings is 1. The van der Waals surface area contributed by atoms with Gasteiger partial charge in [0.05, 0.1) is 0 Å². The lowest BCUT2D eigenvalue weighted by Gasteiger charge is -2.40. The smallest absolute Gasteiger partial charge is 0.220 e. The average Bonchev–Trinajstić information content (AvgIpc) is 2.88. The van der Waals surface area contributed by atoms with Crippen LogP contribution < -0.4 is 10.6 Å². The molecule has 2 saturated heterocycles. The third-order valence-electron chi connectivity index (χ3n) is 4.71. The van der Waals surface area contributed by atoms with Gasteiger partial charge in [0.2, 0.25) is 5.91 Å². The fraction of sp³-hybridized carbons (Fsp3) is 0.529. The minimum Gasteiger partial charge on any atom is -0.355 e.